The Morgan fingerprint density at radius 1 is 1.29 bits per heavy atom. The van der Waals surface area contributed by atoms with E-state index in [4.69, 9.17) is 10.6 Å². The zero-order valence-corrected chi connectivity index (χ0v) is 10.6. The number of nitrogens with zero attached hydrogens (tertiary/aromatic N) is 1. The van der Waals surface area contributed by atoms with Crippen LogP contribution in [0.5, 0.6) is 0 Å². The van der Waals surface area contributed by atoms with Crippen molar-refractivity contribution in [3.8, 4) is 0 Å². The Kier molecular flexibility index (Phi) is 4.52. The molecule has 0 atom stereocenters. The summed E-state index contributed by atoms with van der Waals surface area (Å²) in [5.74, 6) is 5.63. The lowest BCUT2D eigenvalue weighted by Gasteiger charge is -2.24. The lowest BCUT2D eigenvalue weighted by Crippen LogP contribution is -2.42. The molecule has 1 aromatic rings. The van der Waals surface area contributed by atoms with Crippen molar-refractivity contribution in [2.24, 2.45) is 5.84 Å². The summed E-state index contributed by atoms with van der Waals surface area (Å²) in [6, 6.07) is 9.89. The zero-order chi connectivity index (χ0) is 12.9. The second-order valence-electron chi connectivity index (χ2n) is 4.91. The predicted octanol–water partition coefficient (Wildman–Crippen LogP) is 2.34. The first-order chi connectivity index (χ1) is 7.88. The molecule has 0 fully saturated rings. The number of amides is 1. The molecule has 0 saturated carbocycles. The molecule has 0 heterocycles. The number of hydrazine groups is 1. The number of hydrogen-bond donors (Lipinski definition) is 1. The van der Waals surface area contributed by atoms with Crippen molar-refractivity contribution in [2.75, 3.05) is 6.54 Å². The van der Waals surface area contributed by atoms with E-state index in [1.54, 1.807) is 0 Å². The first-order valence-corrected chi connectivity index (χ1v) is 5.67. The fourth-order valence-corrected chi connectivity index (χ4v) is 1.31. The van der Waals surface area contributed by atoms with Gasteiger partial charge in [0, 0.05) is 6.54 Å². The maximum Gasteiger partial charge on any atom is 0.424 e. The normalized spacial score (nSPS) is 11.1. The molecule has 0 aliphatic rings. The predicted molar refractivity (Wildman–Crippen MR) is 67.3 cm³/mol. The minimum Gasteiger partial charge on any atom is -0.443 e. The van der Waals surface area contributed by atoms with Crippen molar-refractivity contribution in [1.82, 2.24) is 5.01 Å². The first kappa shape index (κ1) is 13.5. The highest BCUT2D eigenvalue weighted by Crippen LogP contribution is 2.09. The maximum absolute atomic E-state index is 11.6. The summed E-state index contributed by atoms with van der Waals surface area (Å²) >= 11 is 0. The van der Waals surface area contributed by atoms with Gasteiger partial charge in [0.1, 0.15) is 5.60 Å². The number of carbonyl (C=O) groups excluding carboxylic acids is 1. The van der Waals surface area contributed by atoms with E-state index in [0.29, 0.717) is 6.54 Å². The molecule has 0 aliphatic heterocycles. The number of ether oxygens (including phenoxy) is 1. The van der Waals surface area contributed by atoms with Gasteiger partial charge in [-0.2, -0.15) is 0 Å². The van der Waals surface area contributed by atoms with Crippen LogP contribution < -0.4 is 5.84 Å². The number of rotatable bonds is 3. The summed E-state index contributed by atoms with van der Waals surface area (Å²) < 4.78 is 5.15. The van der Waals surface area contributed by atoms with Crippen molar-refractivity contribution in [3.05, 3.63) is 35.9 Å². The molecule has 0 spiro atoms. The van der Waals surface area contributed by atoms with Gasteiger partial charge in [-0.15, -0.1) is 0 Å². The monoisotopic (exact) mass is 236 g/mol. The quantitative estimate of drug-likeness (QED) is 0.498. The number of benzene rings is 1. The van der Waals surface area contributed by atoms with E-state index >= 15 is 0 Å². The summed E-state index contributed by atoms with van der Waals surface area (Å²) in [5, 5.41) is 1.11. The van der Waals surface area contributed by atoms with Gasteiger partial charge < -0.3 is 4.74 Å². The van der Waals surface area contributed by atoms with E-state index in [-0.39, 0.29) is 0 Å². The molecule has 0 radical (unpaired) electrons. The van der Waals surface area contributed by atoms with Crippen LogP contribution in [0.3, 0.4) is 0 Å². The number of nitrogens with two attached hydrogens (primary N) is 1. The van der Waals surface area contributed by atoms with Crippen LogP contribution in [0.2, 0.25) is 0 Å². The van der Waals surface area contributed by atoms with Gasteiger partial charge in [-0.3, -0.25) is 0 Å². The van der Waals surface area contributed by atoms with Crippen molar-refractivity contribution in [1.29, 1.82) is 0 Å². The molecule has 17 heavy (non-hydrogen) atoms. The summed E-state index contributed by atoms with van der Waals surface area (Å²) in [7, 11) is 0. The molecule has 1 aromatic carbocycles. The molecule has 0 unspecified atom stereocenters. The van der Waals surface area contributed by atoms with E-state index in [2.05, 4.69) is 0 Å². The van der Waals surface area contributed by atoms with E-state index in [0.717, 1.165) is 17.0 Å². The van der Waals surface area contributed by atoms with Gasteiger partial charge in [0.25, 0.3) is 0 Å². The molecule has 0 bridgehead atoms. The Bertz CT molecular complexity index is 357. The van der Waals surface area contributed by atoms with E-state index < -0.39 is 11.7 Å². The summed E-state index contributed by atoms with van der Waals surface area (Å²) in [6.07, 6.45) is 0.227. The van der Waals surface area contributed by atoms with Gasteiger partial charge in [0.15, 0.2) is 0 Å². The third-order valence-corrected chi connectivity index (χ3v) is 2.11. The van der Waals surface area contributed by atoms with E-state index in [9.17, 15) is 4.79 Å². The minimum atomic E-state index is -0.512. The fourth-order valence-electron chi connectivity index (χ4n) is 1.31. The fraction of sp³-hybridized carbons (Fsp3) is 0.462. The van der Waals surface area contributed by atoms with Crippen LogP contribution >= 0.6 is 0 Å². The molecular weight excluding hydrogens is 216 g/mol. The van der Waals surface area contributed by atoms with Gasteiger partial charge in [0.2, 0.25) is 0 Å². The number of carbonyl (C=O) groups is 1. The van der Waals surface area contributed by atoms with Crippen molar-refractivity contribution < 1.29 is 9.53 Å². The van der Waals surface area contributed by atoms with Crippen LogP contribution in [-0.2, 0) is 11.2 Å². The van der Waals surface area contributed by atoms with Crippen molar-refractivity contribution in [2.45, 2.75) is 32.8 Å². The molecule has 0 aliphatic carbocycles. The average Bonchev–Trinajstić information content (AvgIpc) is 2.25. The minimum absolute atomic E-state index is 0.443. The van der Waals surface area contributed by atoms with Gasteiger partial charge >= 0.3 is 6.09 Å². The lowest BCUT2D eigenvalue weighted by molar-refractivity contribution is 0.0250. The van der Waals surface area contributed by atoms with Crippen LogP contribution in [0.4, 0.5) is 4.79 Å². The van der Waals surface area contributed by atoms with E-state index in [1.165, 1.54) is 0 Å². The third kappa shape index (κ3) is 5.36. The Morgan fingerprint density at radius 2 is 1.88 bits per heavy atom. The smallest absolute Gasteiger partial charge is 0.424 e. The molecule has 4 heteroatoms. The van der Waals surface area contributed by atoms with Gasteiger partial charge in [-0.1, -0.05) is 30.3 Å². The van der Waals surface area contributed by atoms with Crippen LogP contribution in [0, 0.1) is 0 Å². The number of hydrogen-bond acceptors (Lipinski definition) is 3. The van der Waals surface area contributed by atoms with Crippen LogP contribution in [0.25, 0.3) is 0 Å². The Hall–Kier alpha value is -1.55. The molecule has 0 aromatic heterocycles. The molecule has 2 N–H and O–H groups in total. The Morgan fingerprint density at radius 3 is 2.41 bits per heavy atom. The molecular formula is C13H20N2O2. The van der Waals surface area contributed by atoms with Gasteiger partial charge in [-0.25, -0.2) is 15.6 Å². The van der Waals surface area contributed by atoms with Gasteiger partial charge in [-0.05, 0) is 32.8 Å². The highest BCUT2D eigenvalue weighted by molar-refractivity contribution is 5.67. The van der Waals surface area contributed by atoms with Crippen molar-refractivity contribution >= 4 is 6.09 Å². The molecule has 94 valence electrons. The second-order valence-corrected chi connectivity index (χ2v) is 4.91. The molecule has 1 rings (SSSR count). The standard InChI is InChI=1S/C13H20N2O2/c1-13(2,3)17-12(16)15(14)10-9-11-7-5-4-6-8-11/h4-8H,9-10,14H2,1-3H3. The van der Waals surface area contributed by atoms with E-state index in [1.807, 2.05) is 51.1 Å². The molecule has 0 saturated heterocycles. The van der Waals surface area contributed by atoms with Crippen LogP contribution in [0.15, 0.2) is 30.3 Å². The van der Waals surface area contributed by atoms with Crippen LogP contribution in [0.1, 0.15) is 26.3 Å². The molecule has 1 amide bonds. The lowest BCUT2D eigenvalue weighted by atomic mass is 10.1. The Labute approximate surface area is 102 Å². The average molecular weight is 236 g/mol. The summed E-state index contributed by atoms with van der Waals surface area (Å²) in [4.78, 5) is 11.6. The Balaban J connectivity index is 2.40. The second kappa shape index (κ2) is 5.68. The topological polar surface area (TPSA) is 55.6 Å². The largest absolute Gasteiger partial charge is 0.443 e. The first-order valence-electron chi connectivity index (χ1n) is 5.67. The molecule has 4 nitrogen and oxygen atoms in total. The maximum atomic E-state index is 11.6. The van der Waals surface area contributed by atoms with Gasteiger partial charge in [0.05, 0.1) is 0 Å². The third-order valence-electron chi connectivity index (χ3n) is 2.11. The zero-order valence-electron chi connectivity index (χ0n) is 10.6. The highest BCUT2D eigenvalue weighted by Gasteiger charge is 2.19. The SMILES string of the molecule is CC(C)(C)OC(=O)N(N)CCc1ccccc1. The summed E-state index contributed by atoms with van der Waals surface area (Å²) in [5.41, 5.74) is 0.632. The highest BCUT2D eigenvalue weighted by atomic mass is 16.6. The van der Waals surface area contributed by atoms with Crippen molar-refractivity contribution in [3.63, 3.8) is 0 Å². The van der Waals surface area contributed by atoms with Crippen LogP contribution in [-0.4, -0.2) is 23.2 Å². The summed E-state index contributed by atoms with van der Waals surface area (Å²) in [6.45, 7) is 5.89.